The van der Waals surface area contributed by atoms with Crippen LogP contribution in [-0.2, 0) is 24.8 Å². The summed E-state index contributed by atoms with van der Waals surface area (Å²) in [6, 6.07) is 16.9. The standard InChI is InChI=1S/C22H21FN2O6S2/c23-17-6-8-19(9-7-17)32(26,27)24-21-16-20(33(28,29)25-12-14-30-15-13-25)10-11-22(21)31-18-4-2-1-3-5-18/h1-11,16,24H,12-15H2. The third-order valence-corrected chi connectivity index (χ3v) is 8.17. The molecule has 0 amide bonds. The van der Waals surface area contributed by atoms with E-state index < -0.39 is 25.9 Å². The Bertz CT molecular complexity index is 1330. The first-order valence-corrected chi connectivity index (χ1v) is 12.9. The largest absolute Gasteiger partial charge is 0.455 e. The van der Waals surface area contributed by atoms with E-state index >= 15 is 0 Å². The number of benzene rings is 3. The highest BCUT2D eigenvalue weighted by Gasteiger charge is 2.28. The molecule has 1 N–H and O–H groups in total. The quantitative estimate of drug-likeness (QED) is 0.542. The van der Waals surface area contributed by atoms with E-state index in [0.29, 0.717) is 5.75 Å². The highest BCUT2D eigenvalue weighted by molar-refractivity contribution is 7.92. The maximum atomic E-state index is 13.3. The fourth-order valence-electron chi connectivity index (χ4n) is 3.21. The maximum absolute atomic E-state index is 13.3. The molecular weight excluding hydrogens is 471 g/mol. The van der Waals surface area contributed by atoms with Gasteiger partial charge in [0.15, 0.2) is 5.75 Å². The lowest BCUT2D eigenvalue weighted by Gasteiger charge is -2.26. The molecule has 0 aromatic heterocycles. The molecule has 1 fully saturated rings. The van der Waals surface area contributed by atoms with Gasteiger partial charge in [-0.2, -0.15) is 4.31 Å². The van der Waals surface area contributed by atoms with Crippen molar-refractivity contribution in [3.63, 3.8) is 0 Å². The van der Waals surface area contributed by atoms with Crippen LogP contribution in [0.1, 0.15) is 0 Å². The third-order valence-electron chi connectivity index (χ3n) is 4.90. The van der Waals surface area contributed by atoms with Crippen molar-refractivity contribution in [2.24, 2.45) is 0 Å². The number of para-hydroxylation sites is 1. The lowest BCUT2D eigenvalue weighted by molar-refractivity contribution is 0.0730. The Morgan fingerprint density at radius 2 is 1.48 bits per heavy atom. The normalized spacial score (nSPS) is 15.2. The predicted octanol–water partition coefficient (Wildman–Crippen LogP) is 3.44. The molecule has 1 heterocycles. The van der Waals surface area contributed by atoms with E-state index in [1.165, 1.54) is 22.5 Å². The molecule has 33 heavy (non-hydrogen) atoms. The number of hydrogen-bond acceptors (Lipinski definition) is 6. The maximum Gasteiger partial charge on any atom is 0.262 e. The second kappa shape index (κ2) is 9.48. The lowest BCUT2D eigenvalue weighted by Crippen LogP contribution is -2.40. The number of halogens is 1. The van der Waals surface area contributed by atoms with Gasteiger partial charge in [0, 0.05) is 13.1 Å². The van der Waals surface area contributed by atoms with Crippen molar-refractivity contribution in [2.45, 2.75) is 9.79 Å². The number of morpholine rings is 1. The summed E-state index contributed by atoms with van der Waals surface area (Å²) in [5, 5.41) is 0. The zero-order chi connectivity index (χ0) is 23.5. The zero-order valence-electron chi connectivity index (χ0n) is 17.3. The van der Waals surface area contributed by atoms with Crippen LogP contribution in [0.25, 0.3) is 0 Å². The Morgan fingerprint density at radius 3 is 2.15 bits per heavy atom. The minimum atomic E-state index is -4.16. The van der Waals surface area contributed by atoms with Gasteiger partial charge >= 0.3 is 0 Å². The first kappa shape index (κ1) is 23.2. The Labute approximate surface area is 191 Å². The number of nitrogens with one attached hydrogen (secondary N) is 1. The van der Waals surface area contributed by atoms with E-state index in [1.54, 1.807) is 30.3 Å². The molecule has 0 saturated carbocycles. The number of sulfonamides is 2. The molecule has 0 aliphatic carbocycles. The molecule has 0 atom stereocenters. The number of ether oxygens (including phenoxy) is 2. The smallest absolute Gasteiger partial charge is 0.262 e. The molecule has 3 aromatic rings. The number of rotatable bonds is 7. The molecule has 0 spiro atoms. The highest BCUT2D eigenvalue weighted by atomic mass is 32.2. The predicted molar refractivity (Wildman–Crippen MR) is 120 cm³/mol. The van der Waals surface area contributed by atoms with Crippen molar-refractivity contribution in [2.75, 3.05) is 31.0 Å². The van der Waals surface area contributed by atoms with Crippen LogP contribution in [0.5, 0.6) is 11.5 Å². The van der Waals surface area contributed by atoms with Gasteiger partial charge in [-0.15, -0.1) is 0 Å². The summed E-state index contributed by atoms with van der Waals surface area (Å²) in [5.41, 5.74) is -0.0717. The minimum absolute atomic E-state index is 0.0717. The number of nitrogens with zero attached hydrogens (tertiary/aromatic N) is 1. The average Bonchev–Trinajstić information content (AvgIpc) is 2.81. The van der Waals surface area contributed by atoms with Crippen molar-refractivity contribution in [3.8, 4) is 11.5 Å². The second-order valence-corrected chi connectivity index (χ2v) is 10.8. The van der Waals surface area contributed by atoms with Gasteiger partial charge in [0.2, 0.25) is 10.0 Å². The molecule has 174 valence electrons. The number of anilines is 1. The summed E-state index contributed by atoms with van der Waals surface area (Å²) in [6.07, 6.45) is 0. The SMILES string of the molecule is O=S(=O)(Nc1cc(S(=O)(=O)N2CCOCC2)ccc1Oc1ccccc1)c1ccc(F)cc1. The van der Waals surface area contributed by atoms with Crippen LogP contribution in [0.2, 0.25) is 0 Å². The highest BCUT2D eigenvalue weighted by Crippen LogP contribution is 2.34. The fourth-order valence-corrected chi connectivity index (χ4v) is 5.70. The van der Waals surface area contributed by atoms with Gasteiger partial charge < -0.3 is 9.47 Å². The van der Waals surface area contributed by atoms with E-state index in [0.717, 1.165) is 24.3 Å². The van der Waals surface area contributed by atoms with Crippen molar-refractivity contribution < 1.29 is 30.7 Å². The van der Waals surface area contributed by atoms with Crippen molar-refractivity contribution in [1.29, 1.82) is 0 Å². The molecular formula is C22H21FN2O6S2. The van der Waals surface area contributed by atoms with Crippen LogP contribution in [0.4, 0.5) is 10.1 Å². The van der Waals surface area contributed by atoms with Crippen LogP contribution in [0.3, 0.4) is 0 Å². The van der Waals surface area contributed by atoms with Gasteiger partial charge in [-0.05, 0) is 54.6 Å². The molecule has 1 aliphatic rings. The molecule has 0 radical (unpaired) electrons. The summed E-state index contributed by atoms with van der Waals surface area (Å²) >= 11 is 0. The summed E-state index contributed by atoms with van der Waals surface area (Å²) in [7, 11) is -8.04. The fraction of sp³-hybridized carbons (Fsp3) is 0.182. The third kappa shape index (κ3) is 5.33. The summed E-state index contributed by atoms with van der Waals surface area (Å²) in [5.74, 6) is -0.0445. The van der Waals surface area contributed by atoms with Crippen molar-refractivity contribution in [3.05, 3.63) is 78.6 Å². The summed E-state index contributed by atoms with van der Waals surface area (Å²) in [6.45, 7) is 0.944. The van der Waals surface area contributed by atoms with E-state index in [4.69, 9.17) is 9.47 Å². The van der Waals surface area contributed by atoms with Crippen molar-refractivity contribution in [1.82, 2.24) is 4.31 Å². The summed E-state index contributed by atoms with van der Waals surface area (Å²) in [4.78, 5) is -0.280. The molecule has 0 bridgehead atoms. The number of hydrogen-bond donors (Lipinski definition) is 1. The first-order valence-electron chi connectivity index (χ1n) is 9.99. The Balaban J connectivity index is 1.74. The Kier molecular flexibility index (Phi) is 6.66. The zero-order valence-corrected chi connectivity index (χ0v) is 19.0. The van der Waals surface area contributed by atoms with E-state index in [1.807, 2.05) is 0 Å². The summed E-state index contributed by atoms with van der Waals surface area (Å²) < 4.78 is 80.0. The molecule has 11 heteroatoms. The monoisotopic (exact) mass is 492 g/mol. The molecule has 0 unspecified atom stereocenters. The van der Waals surface area contributed by atoms with Gasteiger partial charge in [-0.25, -0.2) is 21.2 Å². The van der Waals surface area contributed by atoms with Crippen molar-refractivity contribution >= 4 is 25.7 Å². The lowest BCUT2D eigenvalue weighted by atomic mass is 10.3. The Hall–Kier alpha value is -2.99. The Morgan fingerprint density at radius 1 is 0.848 bits per heavy atom. The van der Waals surface area contributed by atoms with E-state index in [9.17, 15) is 21.2 Å². The van der Waals surface area contributed by atoms with Crippen LogP contribution in [0.15, 0.2) is 82.6 Å². The second-order valence-electron chi connectivity index (χ2n) is 7.15. The van der Waals surface area contributed by atoms with Gasteiger partial charge in [0.25, 0.3) is 10.0 Å². The van der Waals surface area contributed by atoms with Gasteiger partial charge in [0.1, 0.15) is 11.6 Å². The van der Waals surface area contributed by atoms with Gasteiger partial charge in [0.05, 0.1) is 28.7 Å². The van der Waals surface area contributed by atoms with Gasteiger partial charge in [-0.3, -0.25) is 4.72 Å². The first-order chi connectivity index (χ1) is 15.8. The molecule has 1 aliphatic heterocycles. The van der Waals surface area contributed by atoms with Crippen LogP contribution in [-0.4, -0.2) is 47.4 Å². The van der Waals surface area contributed by atoms with Crippen LogP contribution in [0, 0.1) is 5.82 Å². The minimum Gasteiger partial charge on any atom is -0.455 e. The molecule has 8 nitrogen and oxygen atoms in total. The van der Waals surface area contributed by atoms with Crippen LogP contribution < -0.4 is 9.46 Å². The van der Waals surface area contributed by atoms with E-state index in [2.05, 4.69) is 4.72 Å². The topological polar surface area (TPSA) is 102 Å². The van der Waals surface area contributed by atoms with E-state index in [-0.39, 0.29) is 47.5 Å². The molecule has 4 rings (SSSR count). The van der Waals surface area contributed by atoms with Gasteiger partial charge in [-0.1, -0.05) is 18.2 Å². The molecule has 1 saturated heterocycles. The molecule has 3 aromatic carbocycles. The van der Waals surface area contributed by atoms with Crippen LogP contribution >= 0.6 is 0 Å². The average molecular weight is 493 g/mol.